The number of hydrogen-bond acceptors (Lipinski definition) is 8. The van der Waals surface area contributed by atoms with Gasteiger partial charge in [-0.3, -0.25) is 4.79 Å². The smallest absolute Gasteiger partial charge is 0.350 e. The quantitative estimate of drug-likeness (QED) is 0.400. The van der Waals surface area contributed by atoms with E-state index in [4.69, 9.17) is 14.2 Å². The Labute approximate surface area is 181 Å². The van der Waals surface area contributed by atoms with Crippen LogP contribution in [0.1, 0.15) is 22.3 Å². The number of hydrogen-bond donors (Lipinski definition) is 1. The summed E-state index contributed by atoms with van der Waals surface area (Å²) >= 11 is 2.67. The van der Waals surface area contributed by atoms with Crippen LogP contribution in [-0.2, 0) is 9.53 Å². The average Bonchev–Trinajstić information content (AvgIpc) is 3.42. The highest BCUT2D eigenvalue weighted by atomic mass is 32.1. The number of rotatable bonds is 8. The molecule has 9 heteroatoms. The summed E-state index contributed by atoms with van der Waals surface area (Å²) in [6.07, 6.45) is 2.98. The van der Waals surface area contributed by atoms with Crippen molar-refractivity contribution in [1.82, 2.24) is 4.98 Å². The van der Waals surface area contributed by atoms with E-state index in [1.807, 2.05) is 17.5 Å². The maximum atomic E-state index is 12.4. The molecule has 0 saturated heterocycles. The molecule has 2 heterocycles. The molecule has 0 bridgehead atoms. The molecule has 3 rings (SSSR count). The summed E-state index contributed by atoms with van der Waals surface area (Å²) in [4.78, 5) is 30.0. The summed E-state index contributed by atoms with van der Waals surface area (Å²) in [5.74, 6) is 0.306. The van der Waals surface area contributed by atoms with E-state index in [9.17, 15) is 9.59 Å². The second kappa shape index (κ2) is 10.0. The van der Waals surface area contributed by atoms with E-state index in [1.54, 1.807) is 44.9 Å². The first-order valence-electron chi connectivity index (χ1n) is 8.96. The van der Waals surface area contributed by atoms with Gasteiger partial charge >= 0.3 is 5.97 Å². The summed E-state index contributed by atoms with van der Waals surface area (Å²) in [7, 11) is 3.12. The lowest BCUT2D eigenvalue weighted by Crippen LogP contribution is -2.11. The Morgan fingerprint density at radius 2 is 1.97 bits per heavy atom. The van der Waals surface area contributed by atoms with Gasteiger partial charge in [-0.15, -0.1) is 22.7 Å². The van der Waals surface area contributed by atoms with Crippen molar-refractivity contribution in [3.8, 4) is 21.9 Å². The van der Waals surface area contributed by atoms with Crippen molar-refractivity contribution in [3.63, 3.8) is 0 Å². The van der Waals surface area contributed by atoms with Crippen molar-refractivity contribution in [2.45, 2.75) is 6.92 Å². The Balaban J connectivity index is 1.91. The van der Waals surface area contributed by atoms with Crippen LogP contribution in [0.4, 0.5) is 5.69 Å². The molecule has 0 unspecified atom stereocenters. The molecule has 7 nitrogen and oxygen atoms in total. The van der Waals surface area contributed by atoms with Gasteiger partial charge in [0.1, 0.15) is 4.88 Å². The second-order valence-corrected chi connectivity index (χ2v) is 7.65. The minimum atomic E-state index is -0.493. The number of methoxy groups -OCH3 is 2. The van der Waals surface area contributed by atoms with Crippen molar-refractivity contribution in [1.29, 1.82) is 0 Å². The highest BCUT2D eigenvalue weighted by molar-refractivity contribution is 7.18. The van der Waals surface area contributed by atoms with Crippen LogP contribution in [-0.4, -0.2) is 37.7 Å². The fourth-order valence-corrected chi connectivity index (χ4v) is 4.13. The molecular formula is C21H20N2O5S2. The van der Waals surface area contributed by atoms with Gasteiger partial charge in [0.25, 0.3) is 0 Å². The van der Waals surface area contributed by atoms with Crippen LogP contribution < -0.4 is 14.8 Å². The minimum Gasteiger partial charge on any atom is -0.493 e. The minimum absolute atomic E-state index is 0.236. The highest BCUT2D eigenvalue weighted by Gasteiger charge is 2.20. The largest absolute Gasteiger partial charge is 0.493 e. The Kier molecular flexibility index (Phi) is 7.21. The van der Waals surface area contributed by atoms with Crippen molar-refractivity contribution in [2.24, 2.45) is 0 Å². The van der Waals surface area contributed by atoms with Crippen molar-refractivity contribution in [3.05, 3.63) is 51.8 Å². The van der Waals surface area contributed by atoms with E-state index in [1.165, 1.54) is 28.7 Å². The topological polar surface area (TPSA) is 86.8 Å². The number of nitrogens with one attached hydrogen (secondary N) is 1. The summed E-state index contributed by atoms with van der Waals surface area (Å²) in [5.41, 5.74) is 3.58. The van der Waals surface area contributed by atoms with E-state index < -0.39 is 5.97 Å². The number of amides is 1. The van der Waals surface area contributed by atoms with Crippen LogP contribution in [0.15, 0.2) is 41.2 Å². The number of carbonyl (C=O) groups excluding carboxylic acids is 2. The zero-order valence-electron chi connectivity index (χ0n) is 16.6. The average molecular weight is 445 g/mol. The molecule has 1 aromatic carbocycles. The third-order valence-electron chi connectivity index (χ3n) is 3.98. The molecule has 1 amide bonds. The zero-order valence-corrected chi connectivity index (χ0v) is 18.3. The lowest BCUT2D eigenvalue weighted by molar-refractivity contribution is -0.111. The third kappa shape index (κ3) is 5.05. The molecule has 0 aliphatic heterocycles. The van der Waals surface area contributed by atoms with Gasteiger partial charge in [0.05, 0.1) is 37.7 Å². The van der Waals surface area contributed by atoms with E-state index >= 15 is 0 Å². The lowest BCUT2D eigenvalue weighted by atomic mass is 10.1. The number of thiophene rings is 1. The summed E-state index contributed by atoms with van der Waals surface area (Å²) in [5, 5.41) is 4.58. The second-order valence-electron chi connectivity index (χ2n) is 5.88. The molecule has 2 aromatic heterocycles. The molecule has 156 valence electrons. The van der Waals surface area contributed by atoms with Gasteiger partial charge in [-0.2, -0.15) is 0 Å². The van der Waals surface area contributed by atoms with E-state index in [0.717, 1.165) is 10.4 Å². The first-order valence-corrected chi connectivity index (χ1v) is 10.7. The first-order chi connectivity index (χ1) is 14.5. The molecule has 1 N–H and O–H groups in total. The van der Waals surface area contributed by atoms with E-state index in [-0.39, 0.29) is 12.5 Å². The Morgan fingerprint density at radius 1 is 1.17 bits per heavy atom. The van der Waals surface area contributed by atoms with Crippen LogP contribution in [0.3, 0.4) is 0 Å². The predicted molar refractivity (Wildman–Crippen MR) is 119 cm³/mol. The van der Waals surface area contributed by atoms with Gasteiger partial charge < -0.3 is 19.5 Å². The Hall–Kier alpha value is -3.17. The molecule has 0 saturated carbocycles. The fraction of sp³-hybridized carbons (Fsp3) is 0.190. The zero-order chi connectivity index (χ0) is 21.5. The monoisotopic (exact) mass is 444 g/mol. The Bertz CT molecular complexity index is 1060. The summed E-state index contributed by atoms with van der Waals surface area (Å²) < 4.78 is 15.8. The van der Waals surface area contributed by atoms with E-state index in [2.05, 4.69) is 10.3 Å². The van der Waals surface area contributed by atoms with Crippen LogP contribution in [0.2, 0.25) is 0 Å². The standard InChI is InChI=1S/C21H20N2O5S2/c1-4-28-21(25)20-15(23-19(24)8-6-14-11-29-12-22-14)10-18(30-20)13-5-7-16(26-2)17(9-13)27-3/h5-12H,4H2,1-3H3,(H,23,24)/b8-6+. The molecule has 0 radical (unpaired) electrons. The highest BCUT2D eigenvalue weighted by Crippen LogP contribution is 2.39. The predicted octanol–water partition coefficient (Wildman–Crippen LogP) is 4.72. The van der Waals surface area contributed by atoms with Crippen LogP contribution in [0.5, 0.6) is 11.5 Å². The molecule has 3 aromatic rings. The van der Waals surface area contributed by atoms with Gasteiger partial charge in [-0.25, -0.2) is 9.78 Å². The van der Waals surface area contributed by atoms with Crippen molar-refractivity contribution in [2.75, 3.05) is 26.1 Å². The Morgan fingerprint density at radius 3 is 2.63 bits per heavy atom. The van der Waals surface area contributed by atoms with Crippen LogP contribution >= 0.6 is 22.7 Å². The van der Waals surface area contributed by atoms with Gasteiger partial charge in [0.2, 0.25) is 5.91 Å². The normalized spacial score (nSPS) is 10.8. The van der Waals surface area contributed by atoms with Crippen LogP contribution in [0.25, 0.3) is 16.5 Å². The molecule has 0 aliphatic rings. The van der Waals surface area contributed by atoms with Crippen LogP contribution in [0, 0.1) is 0 Å². The molecule has 0 atom stereocenters. The third-order valence-corrected chi connectivity index (χ3v) is 5.74. The maximum Gasteiger partial charge on any atom is 0.350 e. The van der Waals surface area contributed by atoms with Gasteiger partial charge in [-0.1, -0.05) is 0 Å². The molecule has 0 spiro atoms. The maximum absolute atomic E-state index is 12.4. The molecule has 0 aliphatic carbocycles. The molecular weight excluding hydrogens is 424 g/mol. The van der Waals surface area contributed by atoms with Gasteiger partial charge in [0.15, 0.2) is 11.5 Å². The fourth-order valence-electron chi connectivity index (χ4n) is 2.60. The summed E-state index contributed by atoms with van der Waals surface area (Å²) in [6, 6.07) is 7.20. The summed E-state index contributed by atoms with van der Waals surface area (Å²) in [6.45, 7) is 1.97. The van der Waals surface area contributed by atoms with Crippen molar-refractivity contribution >= 4 is 46.3 Å². The number of carbonyl (C=O) groups is 2. The lowest BCUT2D eigenvalue weighted by Gasteiger charge is -2.08. The number of benzene rings is 1. The number of aromatic nitrogens is 1. The molecule has 30 heavy (non-hydrogen) atoms. The first kappa shape index (κ1) is 21.5. The number of anilines is 1. The molecule has 0 fully saturated rings. The van der Waals surface area contributed by atoms with Gasteiger partial charge in [0, 0.05) is 16.3 Å². The SMILES string of the molecule is CCOC(=O)c1sc(-c2ccc(OC)c(OC)c2)cc1NC(=O)/C=C/c1cscn1. The number of nitrogens with zero attached hydrogens (tertiary/aromatic N) is 1. The number of ether oxygens (including phenoxy) is 3. The van der Waals surface area contributed by atoms with Crippen molar-refractivity contribution < 1.29 is 23.8 Å². The van der Waals surface area contributed by atoms with Gasteiger partial charge in [-0.05, 0) is 42.8 Å². The number of thiazole rings is 1. The number of esters is 1. The van der Waals surface area contributed by atoms with E-state index in [0.29, 0.717) is 27.8 Å².